The van der Waals surface area contributed by atoms with Gasteiger partial charge in [-0.3, -0.25) is 9.79 Å². The van der Waals surface area contributed by atoms with Crippen molar-refractivity contribution in [1.82, 2.24) is 9.80 Å². The fraction of sp³-hybridized carbons (Fsp3) is 0.526. The number of hydrogen-bond donors (Lipinski definition) is 2. The second kappa shape index (κ2) is 8.85. The summed E-state index contributed by atoms with van der Waals surface area (Å²) < 4.78 is 5.66. The van der Waals surface area contributed by atoms with Gasteiger partial charge in [-0.2, -0.15) is 0 Å². The van der Waals surface area contributed by atoms with Crippen LogP contribution in [-0.2, 0) is 9.53 Å². The van der Waals surface area contributed by atoms with Crippen LogP contribution < -0.4 is 5.32 Å². The summed E-state index contributed by atoms with van der Waals surface area (Å²) >= 11 is 0. The zero-order valence-corrected chi connectivity index (χ0v) is 15.6. The van der Waals surface area contributed by atoms with Crippen LogP contribution in [0, 0.1) is 0 Å². The van der Waals surface area contributed by atoms with Crippen LogP contribution in [0.25, 0.3) is 0 Å². The number of benzene rings is 1. The first kappa shape index (κ1) is 19.2. The molecule has 2 N–H and O–H groups in total. The summed E-state index contributed by atoms with van der Waals surface area (Å²) in [6.07, 6.45) is 2.19. The SMILES string of the molecule is CC(=O)N1CCN(C(=NC[C@@H]2CCCO2)Nc2cccc(C(=O)O)c2)CC1. The molecule has 3 rings (SSSR count). The smallest absolute Gasteiger partial charge is 0.335 e. The van der Waals surface area contributed by atoms with E-state index in [-0.39, 0.29) is 17.6 Å². The van der Waals surface area contributed by atoms with E-state index in [0.717, 1.165) is 19.4 Å². The minimum atomic E-state index is -0.966. The monoisotopic (exact) mass is 374 g/mol. The molecule has 1 aromatic rings. The number of anilines is 1. The number of aliphatic imine (C=N–C) groups is 1. The summed E-state index contributed by atoms with van der Waals surface area (Å²) in [7, 11) is 0. The fourth-order valence-electron chi connectivity index (χ4n) is 3.29. The maximum Gasteiger partial charge on any atom is 0.335 e. The first-order valence-electron chi connectivity index (χ1n) is 9.30. The molecule has 27 heavy (non-hydrogen) atoms. The summed E-state index contributed by atoms with van der Waals surface area (Å²) in [5.41, 5.74) is 0.898. The second-order valence-corrected chi connectivity index (χ2v) is 6.80. The van der Waals surface area contributed by atoms with E-state index in [1.165, 1.54) is 0 Å². The molecule has 8 heteroatoms. The number of nitrogens with one attached hydrogen (secondary N) is 1. The van der Waals surface area contributed by atoms with Crippen LogP contribution in [0.2, 0.25) is 0 Å². The van der Waals surface area contributed by atoms with Gasteiger partial charge in [0.05, 0.1) is 18.2 Å². The molecule has 8 nitrogen and oxygen atoms in total. The number of rotatable bonds is 4. The van der Waals surface area contributed by atoms with Crippen LogP contribution in [0.3, 0.4) is 0 Å². The molecule has 1 aromatic carbocycles. The highest BCUT2D eigenvalue weighted by atomic mass is 16.5. The summed E-state index contributed by atoms with van der Waals surface area (Å²) in [5, 5.41) is 12.5. The predicted octanol–water partition coefficient (Wildman–Crippen LogP) is 1.50. The van der Waals surface area contributed by atoms with Gasteiger partial charge >= 0.3 is 5.97 Å². The van der Waals surface area contributed by atoms with Crippen molar-refractivity contribution in [2.75, 3.05) is 44.6 Å². The van der Waals surface area contributed by atoms with Gasteiger partial charge in [0.25, 0.3) is 0 Å². The lowest BCUT2D eigenvalue weighted by atomic mass is 10.2. The van der Waals surface area contributed by atoms with Crippen LogP contribution in [-0.4, -0.2) is 78.2 Å². The number of hydrogen-bond acceptors (Lipinski definition) is 4. The number of ether oxygens (including phenoxy) is 1. The van der Waals surface area contributed by atoms with Crippen molar-refractivity contribution in [2.45, 2.75) is 25.9 Å². The first-order valence-corrected chi connectivity index (χ1v) is 9.30. The molecule has 0 radical (unpaired) electrons. The number of carbonyl (C=O) groups excluding carboxylic acids is 1. The Bertz CT molecular complexity index is 707. The number of aromatic carboxylic acids is 1. The largest absolute Gasteiger partial charge is 0.478 e. The van der Waals surface area contributed by atoms with Crippen molar-refractivity contribution in [3.05, 3.63) is 29.8 Å². The molecule has 146 valence electrons. The van der Waals surface area contributed by atoms with E-state index in [2.05, 4.69) is 10.2 Å². The molecule has 1 amide bonds. The first-order chi connectivity index (χ1) is 13.0. The van der Waals surface area contributed by atoms with Crippen LogP contribution in [0.5, 0.6) is 0 Å². The van der Waals surface area contributed by atoms with E-state index >= 15 is 0 Å². The highest BCUT2D eigenvalue weighted by molar-refractivity contribution is 5.96. The van der Waals surface area contributed by atoms with Crippen molar-refractivity contribution in [2.24, 2.45) is 4.99 Å². The van der Waals surface area contributed by atoms with Crippen LogP contribution in [0.15, 0.2) is 29.3 Å². The number of carboxylic acid groups (broad SMARTS) is 1. The third-order valence-electron chi connectivity index (χ3n) is 4.86. The lowest BCUT2D eigenvalue weighted by molar-refractivity contribution is -0.130. The lowest BCUT2D eigenvalue weighted by Gasteiger charge is -2.36. The summed E-state index contributed by atoms with van der Waals surface area (Å²) in [6, 6.07) is 6.68. The number of guanidine groups is 1. The molecule has 0 aliphatic carbocycles. The minimum absolute atomic E-state index is 0.0783. The van der Waals surface area contributed by atoms with Gasteiger partial charge in [0.1, 0.15) is 0 Å². The summed E-state index contributed by atoms with van der Waals surface area (Å²) in [4.78, 5) is 31.4. The van der Waals surface area contributed by atoms with Gasteiger partial charge in [-0.15, -0.1) is 0 Å². The molecule has 0 aromatic heterocycles. The van der Waals surface area contributed by atoms with Gasteiger partial charge in [0, 0.05) is 45.4 Å². The van der Waals surface area contributed by atoms with Gasteiger partial charge in [0.2, 0.25) is 5.91 Å². The van der Waals surface area contributed by atoms with Gasteiger partial charge in [-0.1, -0.05) is 6.07 Å². The minimum Gasteiger partial charge on any atom is -0.478 e. The molecule has 1 atom stereocenters. The van der Waals surface area contributed by atoms with E-state index in [0.29, 0.717) is 44.4 Å². The predicted molar refractivity (Wildman–Crippen MR) is 102 cm³/mol. The third-order valence-corrected chi connectivity index (χ3v) is 4.86. The standard InChI is InChI=1S/C19H26N4O4/c1-14(24)22-7-9-23(10-8-22)19(20-13-17-6-3-11-27-17)21-16-5-2-4-15(12-16)18(25)26/h2,4-5,12,17H,3,6-11,13H2,1H3,(H,20,21)(H,25,26)/t17-/m0/s1. The summed E-state index contributed by atoms with van der Waals surface area (Å²) in [5.74, 6) is -0.197. The number of nitrogens with zero attached hydrogens (tertiary/aromatic N) is 3. The van der Waals surface area contributed by atoms with E-state index < -0.39 is 5.97 Å². The average Bonchev–Trinajstić information content (AvgIpc) is 3.19. The van der Waals surface area contributed by atoms with Gasteiger partial charge in [-0.25, -0.2) is 4.79 Å². The zero-order chi connectivity index (χ0) is 19.2. The summed E-state index contributed by atoms with van der Waals surface area (Å²) in [6.45, 7) is 5.56. The fourth-order valence-corrected chi connectivity index (χ4v) is 3.29. The Balaban J connectivity index is 1.73. The third kappa shape index (κ3) is 5.19. The molecule has 0 bridgehead atoms. The van der Waals surface area contributed by atoms with Crippen molar-refractivity contribution in [3.63, 3.8) is 0 Å². The molecular formula is C19H26N4O4. The number of carboxylic acids is 1. The highest BCUT2D eigenvalue weighted by Crippen LogP contribution is 2.15. The van der Waals surface area contributed by atoms with E-state index in [1.54, 1.807) is 25.1 Å². The Morgan fingerprint density at radius 1 is 1.26 bits per heavy atom. The van der Waals surface area contributed by atoms with Crippen molar-refractivity contribution < 1.29 is 19.4 Å². The molecule has 2 fully saturated rings. The van der Waals surface area contributed by atoms with Gasteiger partial charge < -0.3 is 25.0 Å². The maximum atomic E-state index is 11.6. The van der Waals surface area contributed by atoms with E-state index in [9.17, 15) is 14.7 Å². The number of amides is 1. The lowest BCUT2D eigenvalue weighted by Crippen LogP contribution is -2.51. The van der Waals surface area contributed by atoms with Crippen molar-refractivity contribution in [1.29, 1.82) is 0 Å². The molecular weight excluding hydrogens is 348 g/mol. The topological polar surface area (TPSA) is 94.5 Å². The van der Waals surface area contributed by atoms with Gasteiger partial charge in [-0.05, 0) is 31.0 Å². The Labute approximate surface area is 158 Å². The Hall–Kier alpha value is -2.61. The molecule has 0 unspecified atom stereocenters. The Kier molecular flexibility index (Phi) is 6.28. The normalized spacial score (nSPS) is 20.6. The molecule has 2 saturated heterocycles. The molecule has 0 spiro atoms. The second-order valence-electron chi connectivity index (χ2n) is 6.80. The van der Waals surface area contributed by atoms with Crippen molar-refractivity contribution in [3.8, 4) is 0 Å². The van der Waals surface area contributed by atoms with Crippen LogP contribution >= 0.6 is 0 Å². The average molecular weight is 374 g/mol. The quantitative estimate of drug-likeness (QED) is 0.613. The van der Waals surface area contributed by atoms with Crippen LogP contribution in [0.4, 0.5) is 5.69 Å². The van der Waals surface area contributed by atoms with E-state index in [4.69, 9.17) is 9.73 Å². The molecule has 2 heterocycles. The van der Waals surface area contributed by atoms with E-state index in [1.807, 2.05) is 11.0 Å². The molecule has 0 saturated carbocycles. The molecule has 2 aliphatic rings. The zero-order valence-electron chi connectivity index (χ0n) is 15.6. The Morgan fingerprint density at radius 2 is 2.00 bits per heavy atom. The van der Waals surface area contributed by atoms with Crippen molar-refractivity contribution >= 4 is 23.5 Å². The Morgan fingerprint density at radius 3 is 2.63 bits per heavy atom. The number of piperazine rings is 1. The maximum absolute atomic E-state index is 11.6. The van der Waals surface area contributed by atoms with Crippen LogP contribution in [0.1, 0.15) is 30.1 Å². The highest BCUT2D eigenvalue weighted by Gasteiger charge is 2.22. The molecule has 2 aliphatic heterocycles. The number of carbonyl (C=O) groups is 2. The van der Waals surface area contributed by atoms with Gasteiger partial charge in [0.15, 0.2) is 5.96 Å².